The highest BCUT2D eigenvalue weighted by Crippen LogP contribution is 2.44. The van der Waals surface area contributed by atoms with Crippen LogP contribution in [0, 0.1) is 0 Å². The third kappa shape index (κ3) is 4.16. The number of benzene rings is 3. The second kappa shape index (κ2) is 10.0. The largest absolute Gasteiger partial charge is 0.496 e. The number of methoxy groups -OCH3 is 3. The van der Waals surface area contributed by atoms with Crippen molar-refractivity contribution in [3.8, 4) is 17.2 Å². The molecule has 4 aromatic rings. The second-order valence-corrected chi connectivity index (χ2v) is 9.93. The maximum atomic E-state index is 14.0. The predicted octanol–water partition coefficient (Wildman–Crippen LogP) is 4.12. The van der Waals surface area contributed by atoms with E-state index in [4.69, 9.17) is 14.2 Å². The first-order chi connectivity index (χ1) is 19.0. The molecule has 2 atom stereocenters. The summed E-state index contributed by atoms with van der Waals surface area (Å²) in [6.45, 7) is 0.467. The van der Waals surface area contributed by atoms with Crippen molar-refractivity contribution in [2.75, 3.05) is 34.4 Å². The maximum absolute atomic E-state index is 14.0. The number of nitrogens with zero attached hydrogens (tertiary/aromatic N) is 2. The van der Waals surface area contributed by atoms with Crippen LogP contribution in [0.3, 0.4) is 0 Å². The van der Waals surface area contributed by atoms with Crippen LogP contribution in [-0.4, -0.2) is 67.1 Å². The summed E-state index contributed by atoms with van der Waals surface area (Å²) in [6.07, 6.45) is 1.06. The Morgan fingerprint density at radius 2 is 1.62 bits per heavy atom. The Labute approximate surface area is 227 Å². The number of fused-ring (bicyclic) bond motifs is 4. The van der Waals surface area contributed by atoms with Gasteiger partial charge in [-0.3, -0.25) is 9.59 Å². The molecule has 200 valence electrons. The molecule has 8 heteroatoms. The number of para-hydroxylation sites is 2. The van der Waals surface area contributed by atoms with Crippen LogP contribution in [-0.2, 0) is 22.4 Å². The van der Waals surface area contributed by atoms with Gasteiger partial charge in [0.2, 0.25) is 11.8 Å². The van der Waals surface area contributed by atoms with Crippen molar-refractivity contribution < 1.29 is 23.8 Å². The molecule has 6 rings (SSSR count). The summed E-state index contributed by atoms with van der Waals surface area (Å²) in [6, 6.07) is 20.5. The first kappa shape index (κ1) is 24.9. The fraction of sp³-hybridized carbons (Fsp3) is 0.290. The van der Waals surface area contributed by atoms with Crippen molar-refractivity contribution in [3.05, 3.63) is 89.1 Å². The molecule has 2 aliphatic rings. The number of piperazine rings is 1. The van der Waals surface area contributed by atoms with Gasteiger partial charge in [-0.2, -0.15) is 0 Å². The summed E-state index contributed by atoms with van der Waals surface area (Å²) in [7, 11) is 4.83. The molecule has 0 aliphatic carbocycles. The van der Waals surface area contributed by atoms with Gasteiger partial charge in [-0.1, -0.05) is 42.5 Å². The lowest BCUT2D eigenvalue weighted by Gasteiger charge is -2.47. The molecule has 3 aromatic carbocycles. The Morgan fingerprint density at radius 1 is 0.872 bits per heavy atom. The zero-order valence-corrected chi connectivity index (χ0v) is 22.3. The van der Waals surface area contributed by atoms with E-state index in [0.29, 0.717) is 36.6 Å². The van der Waals surface area contributed by atoms with Gasteiger partial charge in [0.15, 0.2) is 11.5 Å². The van der Waals surface area contributed by atoms with Crippen LogP contribution in [0.4, 0.5) is 0 Å². The molecular formula is C31H31N3O5. The first-order valence-corrected chi connectivity index (χ1v) is 13.1. The zero-order chi connectivity index (χ0) is 27.1. The topological polar surface area (TPSA) is 84.1 Å². The van der Waals surface area contributed by atoms with Crippen LogP contribution >= 0.6 is 0 Å². The van der Waals surface area contributed by atoms with E-state index in [9.17, 15) is 9.59 Å². The lowest BCUT2D eigenvalue weighted by Crippen LogP contribution is -2.63. The molecule has 2 aliphatic heterocycles. The summed E-state index contributed by atoms with van der Waals surface area (Å²) < 4.78 is 16.5. The number of carbonyl (C=O) groups excluding carboxylic acids is 2. The van der Waals surface area contributed by atoms with Gasteiger partial charge in [0.1, 0.15) is 17.8 Å². The number of nitrogens with one attached hydrogen (secondary N) is 1. The molecule has 1 saturated heterocycles. The van der Waals surface area contributed by atoms with Crippen LogP contribution in [0.15, 0.2) is 66.7 Å². The summed E-state index contributed by atoms with van der Waals surface area (Å²) in [5, 5.41) is 1.08. The molecule has 0 radical (unpaired) electrons. The standard InChI is InChI=1S/C31H31N3O5/c1-37-25-11-7-5-9-21(25)30-29-22(20-8-4-6-10-23(20)32-29)17-24-31(36)33(18-28(35)34(24)30)15-14-19-12-13-26(38-2)27(16-19)39-3/h4-13,16,24,30,32H,14-15,17-18H2,1-3H3. The number of aromatic nitrogens is 1. The normalized spacial score (nSPS) is 18.6. The molecule has 1 N–H and O–H groups in total. The maximum Gasteiger partial charge on any atom is 0.246 e. The number of H-pyrrole nitrogens is 1. The third-order valence-electron chi connectivity index (χ3n) is 7.89. The minimum atomic E-state index is -0.599. The Morgan fingerprint density at radius 3 is 2.41 bits per heavy atom. The second-order valence-electron chi connectivity index (χ2n) is 9.93. The van der Waals surface area contributed by atoms with Gasteiger partial charge < -0.3 is 29.0 Å². The number of hydrogen-bond acceptors (Lipinski definition) is 5. The van der Waals surface area contributed by atoms with Crippen LogP contribution in [0.2, 0.25) is 0 Å². The summed E-state index contributed by atoms with van der Waals surface area (Å²) in [5.74, 6) is 1.86. The van der Waals surface area contributed by atoms with E-state index < -0.39 is 12.1 Å². The summed E-state index contributed by atoms with van der Waals surface area (Å²) in [5.41, 5.74) is 4.87. The highest BCUT2D eigenvalue weighted by molar-refractivity contribution is 5.97. The molecule has 0 saturated carbocycles. The lowest BCUT2D eigenvalue weighted by atomic mass is 9.86. The van der Waals surface area contributed by atoms with Crippen molar-refractivity contribution in [2.24, 2.45) is 0 Å². The fourth-order valence-corrected chi connectivity index (χ4v) is 6.03. The number of aromatic amines is 1. The molecular weight excluding hydrogens is 494 g/mol. The molecule has 0 bridgehead atoms. The van der Waals surface area contributed by atoms with Crippen LogP contribution in [0.25, 0.3) is 10.9 Å². The van der Waals surface area contributed by atoms with E-state index in [0.717, 1.165) is 33.3 Å². The molecule has 0 spiro atoms. The van der Waals surface area contributed by atoms with Crippen molar-refractivity contribution in [2.45, 2.75) is 24.9 Å². The highest BCUT2D eigenvalue weighted by Gasteiger charge is 2.48. The minimum Gasteiger partial charge on any atom is -0.496 e. The van der Waals surface area contributed by atoms with E-state index >= 15 is 0 Å². The number of amides is 2. The van der Waals surface area contributed by atoms with Crippen LogP contribution in [0.5, 0.6) is 17.2 Å². The monoisotopic (exact) mass is 525 g/mol. The van der Waals surface area contributed by atoms with Gasteiger partial charge in [0.25, 0.3) is 0 Å². The van der Waals surface area contributed by atoms with E-state index in [2.05, 4.69) is 11.1 Å². The van der Waals surface area contributed by atoms with E-state index in [1.807, 2.05) is 60.7 Å². The SMILES string of the molecule is COc1ccc(CCN2CC(=O)N3C(Cc4c([nH]c5ccccc45)C3c3ccccc3OC)C2=O)cc1OC. The van der Waals surface area contributed by atoms with E-state index in [-0.39, 0.29) is 18.4 Å². The molecule has 1 fully saturated rings. The Hall–Kier alpha value is -4.46. The average Bonchev–Trinajstić information content (AvgIpc) is 3.35. The minimum absolute atomic E-state index is 0.0316. The zero-order valence-electron chi connectivity index (χ0n) is 22.3. The van der Waals surface area contributed by atoms with Gasteiger partial charge in [-0.25, -0.2) is 0 Å². The molecule has 1 aromatic heterocycles. The molecule has 8 nitrogen and oxygen atoms in total. The third-order valence-corrected chi connectivity index (χ3v) is 7.89. The number of carbonyl (C=O) groups is 2. The van der Waals surface area contributed by atoms with Crippen LogP contribution < -0.4 is 14.2 Å². The Balaban J connectivity index is 1.36. The number of hydrogen-bond donors (Lipinski definition) is 1. The summed E-state index contributed by atoms with van der Waals surface area (Å²) >= 11 is 0. The molecule has 2 amide bonds. The van der Waals surface area contributed by atoms with Gasteiger partial charge >= 0.3 is 0 Å². The molecule has 2 unspecified atom stereocenters. The average molecular weight is 526 g/mol. The molecule has 39 heavy (non-hydrogen) atoms. The van der Waals surface area contributed by atoms with Gasteiger partial charge in [-0.05, 0) is 41.8 Å². The van der Waals surface area contributed by atoms with Crippen molar-refractivity contribution in [1.29, 1.82) is 0 Å². The van der Waals surface area contributed by atoms with Gasteiger partial charge in [0.05, 0.1) is 27.9 Å². The quantitative estimate of drug-likeness (QED) is 0.393. The lowest BCUT2D eigenvalue weighted by molar-refractivity contribution is -0.158. The van der Waals surface area contributed by atoms with Crippen molar-refractivity contribution in [1.82, 2.24) is 14.8 Å². The predicted molar refractivity (Wildman–Crippen MR) is 147 cm³/mol. The Kier molecular flexibility index (Phi) is 6.38. The summed E-state index contributed by atoms with van der Waals surface area (Å²) in [4.78, 5) is 34.9. The highest BCUT2D eigenvalue weighted by atomic mass is 16.5. The van der Waals surface area contributed by atoms with Crippen LogP contribution in [0.1, 0.15) is 28.4 Å². The first-order valence-electron chi connectivity index (χ1n) is 13.1. The number of ether oxygens (including phenoxy) is 3. The van der Waals surface area contributed by atoms with Gasteiger partial charge in [-0.15, -0.1) is 0 Å². The van der Waals surface area contributed by atoms with Gasteiger partial charge in [0, 0.05) is 35.1 Å². The van der Waals surface area contributed by atoms with E-state index in [1.165, 1.54) is 0 Å². The van der Waals surface area contributed by atoms with Crippen molar-refractivity contribution in [3.63, 3.8) is 0 Å². The fourth-order valence-electron chi connectivity index (χ4n) is 6.03. The van der Waals surface area contributed by atoms with E-state index in [1.54, 1.807) is 31.1 Å². The number of rotatable bonds is 7. The smallest absolute Gasteiger partial charge is 0.246 e. The van der Waals surface area contributed by atoms with Crippen molar-refractivity contribution >= 4 is 22.7 Å². The molecule has 3 heterocycles. The Bertz CT molecular complexity index is 1560.